The van der Waals surface area contributed by atoms with Crippen molar-refractivity contribution in [1.82, 2.24) is 14.7 Å². The number of aromatic nitrogens is 2. The Hall–Kier alpha value is -1.58. The molecule has 5 nitrogen and oxygen atoms in total. The highest BCUT2D eigenvalue weighted by atomic mass is 79.9. The van der Waals surface area contributed by atoms with Crippen LogP contribution in [-0.4, -0.2) is 53.2 Å². The zero-order valence-electron chi connectivity index (χ0n) is 15.1. The first-order valence-electron chi connectivity index (χ1n) is 8.70. The largest absolute Gasteiger partial charge is 0.436 e. The molecular formula is C18H19BrClF3N4O. The van der Waals surface area contributed by atoms with Gasteiger partial charge in [0, 0.05) is 36.3 Å². The van der Waals surface area contributed by atoms with Crippen LogP contribution in [0.15, 0.2) is 28.7 Å². The van der Waals surface area contributed by atoms with E-state index in [1.807, 2.05) is 29.2 Å². The second-order valence-electron chi connectivity index (χ2n) is 6.63. The Morgan fingerprint density at radius 1 is 1.21 bits per heavy atom. The molecule has 0 radical (unpaired) electrons. The van der Waals surface area contributed by atoms with Crippen molar-refractivity contribution in [2.45, 2.75) is 25.7 Å². The van der Waals surface area contributed by atoms with E-state index < -0.39 is 22.9 Å². The molecule has 1 fully saturated rings. The molecule has 28 heavy (non-hydrogen) atoms. The van der Waals surface area contributed by atoms with Crippen molar-refractivity contribution >= 4 is 39.5 Å². The lowest BCUT2D eigenvalue weighted by atomic mass is 10.2. The third kappa shape index (κ3) is 4.52. The normalized spacial score (nSPS) is 17.0. The van der Waals surface area contributed by atoms with Crippen LogP contribution in [-0.2, 0) is 17.5 Å². The Morgan fingerprint density at radius 2 is 1.82 bits per heavy atom. The van der Waals surface area contributed by atoms with Crippen molar-refractivity contribution in [3.05, 3.63) is 45.1 Å². The molecule has 1 aromatic carbocycles. The van der Waals surface area contributed by atoms with Gasteiger partial charge in [0.15, 0.2) is 5.69 Å². The van der Waals surface area contributed by atoms with Gasteiger partial charge >= 0.3 is 6.18 Å². The average Bonchev–Trinajstić information content (AvgIpc) is 2.95. The van der Waals surface area contributed by atoms with Crippen LogP contribution in [0.1, 0.15) is 11.4 Å². The topological polar surface area (TPSA) is 41.4 Å². The van der Waals surface area contributed by atoms with Gasteiger partial charge in [-0.3, -0.25) is 9.58 Å². The SMILES string of the molecule is Cc1c(Cl)c(C(F)(F)F)nn1CC(C=O)N1CCN(c2ccc(Br)cc2)CC1. The number of halogens is 5. The first kappa shape index (κ1) is 21.1. The van der Waals surface area contributed by atoms with E-state index in [1.165, 1.54) is 11.6 Å². The van der Waals surface area contributed by atoms with Crippen LogP contribution in [0.4, 0.5) is 18.9 Å². The minimum absolute atomic E-state index is 0.0312. The summed E-state index contributed by atoms with van der Waals surface area (Å²) in [6.07, 6.45) is -3.86. The molecule has 0 bridgehead atoms. The lowest BCUT2D eigenvalue weighted by molar-refractivity contribution is -0.141. The number of rotatable bonds is 5. The second-order valence-corrected chi connectivity index (χ2v) is 7.92. The van der Waals surface area contributed by atoms with E-state index in [0.717, 1.165) is 29.5 Å². The van der Waals surface area contributed by atoms with Crippen molar-refractivity contribution in [1.29, 1.82) is 0 Å². The molecule has 1 atom stereocenters. The maximum Gasteiger partial charge on any atom is 0.436 e. The van der Waals surface area contributed by atoms with Crippen LogP contribution in [0, 0.1) is 6.92 Å². The monoisotopic (exact) mass is 478 g/mol. The molecule has 1 aliphatic rings. The van der Waals surface area contributed by atoms with Gasteiger partial charge < -0.3 is 9.69 Å². The molecule has 152 valence electrons. The van der Waals surface area contributed by atoms with Gasteiger partial charge in [0.1, 0.15) is 6.29 Å². The summed E-state index contributed by atoms with van der Waals surface area (Å²) in [6.45, 7) is 4.19. The number of hydrogen-bond acceptors (Lipinski definition) is 4. The van der Waals surface area contributed by atoms with E-state index in [0.29, 0.717) is 13.1 Å². The van der Waals surface area contributed by atoms with E-state index in [-0.39, 0.29) is 12.2 Å². The maximum absolute atomic E-state index is 13.0. The number of piperazine rings is 1. The summed E-state index contributed by atoms with van der Waals surface area (Å²) >= 11 is 9.20. The van der Waals surface area contributed by atoms with E-state index in [2.05, 4.69) is 25.9 Å². The van der Waals surface area contributed by atoms with Gasteiger partial charge in [-0.25, -0.2) is 0 Å². The van der Waals surface area contributed by atoms with Crippen LogP contribution in [0.25, 0.3) is 0 Å². The first-order chi connectivity index (χ1) is 13.2. The predicted molar refractivity (Wildman–Crippen MR) is 105 cm³/mol. The zero-order chi connectivity index (χ0) is 20.5. The third-order valence-electron chi connectivity index (χ3n) is 4.89. The molecule has 0 amide bonds. The van der Waals surface area contributed by atoms with Gasteiger partial charge in [-0.15, -0.1) is 0 Å². The number of carbonyl (C=O) groups is 1. The van der Waals surface area contributed by atoms with Crippen LogP contribution in [0.5, 0.6) is 0 Å². The van der Waals surface area contributed by atoms with Crippen LogP contribution in [0.3, 0.4) is 0 Å². The minimum atomic E-state index is -4.62. The fourth-order valence-electron chi connectivity index (χ4n) is 3.27. The quantitative estimate of drug-likeness (QED) is 0.608. The fourth-order valence-corrected chi connectivity index (χ4v) is 3.78. The molecule has 0 N–H and O–H groups in total. The Balaban J connectivity index is 1.67. The van der Waals surface area contributed by atoms with Crippen molar-refractivity contribution < 1.29 is 18.0 Å². The Morgan fingerprint density at radius 3 is 2.32 bits per heavy atom. The van der Waals surface area contributed by atoms with Crippen molar-refractivity contribution in [2.75, 3.05) is 31.1 Å². The van der Waals surface area contributed by atoms with Gasteiger partial charge in [0.05, 0.1) is 23.3 Å². The molecule has 3 rings (SSSR count). The molecule has 1 unspecified atom stereocenters. The van der Waals surface area contributed by atoms with E-state index >= 15 is 0 Å². The summed E-state index contributed by atoms with van der Waals surface area (Å²) in [7, 11) is 0. The van der Waals surface area contributed by atoms with Crippen molar-refractivity contribution in [2.24, 2.45) is 0 Å². The number of nitrogens with zero attached hydrogens (tertiary/aromatic N) is 4. The Bertz CT molecular complexity index is 833. The number of benzene rings is 1. The summed E-state index contributed by atoms with van der Waals surface area (Å²) in [5, 5.41) is 3.17. The van der Waals surface area contributed by atoms with Crippen LogP contribution < -0.4 is 4.90 Å². The number of carbonyl (C=O) groups excluding carboxylic acids is 1. The lowest BCUT2D eigenvalue weighted by Gasteiger charge is -2.38. The molecule has 1 aromatic heterocycles. The lowest BCUT2D eigenvalue weighted by Crippen LogP contribution is -2.52. The molecule has 0 saturated carbocycles. The first-order valence-corrected chi connectivity index (χ1v) is 9.87. The maximum atomic E-state index is 13.0. The number of alkyl halides is 3. The van der Waals surface area contributed by atoms with Gasteiger partial charge in [-0.2, -0.15) is 18.3 Å². The van der Waals surface area contributed by atoms with E-state index in [1.54, 1.807) is 0 Å². The van der Waals surface area contributed by atoms with Gasteiger partial charge in [0.25, 0.3) is 0 Å². The van der Waals surface area contributed by atoms with Crippen LogP contribution in [0.2, 0.25) is 5.02 Å². The Kier molecular flexibility index (Phi) is 6.36. The third-order valence-corrected chi connectivity index (χ3v) is 5.88. The number of hydrogen-bond donors (Lipinski definition) is 0. The highest BCUT2D eigenvalue weighted by molar-refractivity contribution is 9.10. The number of aldehydes is 1. The predicted octanol–water partition coefficient (Wildman–Crippen LogP) is 4.02. The minimum Gasteiger partial charge on any atom is -0.369 e. The molecule has 1 aliphatic heterocycles. The second kappa shape index (κ2) is 8.42. The van der Waals surface area contributed by atoms with Gasteiger partial charge in [0.2, 0.25) is 0 Å². The molecular weight excluding hydrogens is 461 g/mol. The van der Waals surface area contributed by atoms with Crippen LogP contribution >= 0.6 is 27.5 Å². The smallest absolute Gasteiger partial charge is 0.369 e. The van der Waals surface area contributed by atoms with E-state index in [9.17, 15) is 18.0 Å². The summed E-state index contributed by atoms with van der Waals surface area (Å²) in [6, 6.07) is 7.41. The van der Waals surface area contributed by atoms with Crippen molar-refractivity contribution in [3.8, 4) is 0 Å². The number of anilines is 1. The van der Waals surface area contributed by atoms with Gasteiger partial charge in [-0.05, 0) is 31.2 Å². The zero-order valence-corrected chi connectivity index (χ0v) is 17.4. The molecule has 0 spiro atoms. The summed E-state index contributed by atoms with van der Waals surface area (Å²) in [5.41, 5.74) is 0.181. The molecule has 2 aromatic rings. The van der Waals surface area contributed by atoms with Crippen molar-refractivity contribution in [3.63, 3.8) is 0 Å². The molecule has 2 heterocycles. The average molecular weight is 480 g/mol. The standard InChI is InChI=1S/C18H19BrClF3N4O/c1-12-16(20)17(18(21,22)23)24-27(12)10-15(11-28)26-8-6-25(7-9-26)14-4-2-13(19)3-5-14/h2-5,11,15H,6-10H2,1H3. The molecule has 10 heteroatoms. The summed E-state index contributed by atoms with van der Waals surface area (Å²) in [4.78, 5) is 15.8. The van der Waals surface area contributed by atoms with E-state index in [4.69, 9.17) is 11.6 Å². The highest BCUT2D eigenvalue weighted by Crippen LogP contribution is 2.35. The highest BCUT2D eigenvalue weighted by Gasteiger charge is 2.38. The van der Waals surface area contributed by atoms with Gasteiger partial charge in [-0.1, -0.05) is 27.5 Å². The summed E-state index contributed by atoms with van der Waals surface area (Å²) < 4.78 is 41.2. The summed E-state index contributed by atoms with van der Waals surface area (Å²) in [5.74, 6) is 0. The Labute approximate surface area is 174 Å². The molecule has 0 aliphatic carbocycles. The molecule has 1 saturated heterocycles. The fraction of sp³-hybridized carbons (Fsp3) is 0.444.